The van der Waals surface area contributed by atoms with Gasteiger partial charge < -0.3 is 19.8 Å². The van der Waals surface area contributed by atoms with Gasteiger partial charge in [-0.25, -0.2) is 4.98 Å². The van der Waals surface area contributed by atoms with Crippen molar-refractivity contribution in [3.63, 3.8) is 0 Å². The summed E-state index contributed by atoms with van der Waals surface area (Å²) in [6, 6.07) is 0. The largest absolute Gasteiger partial charge is 0.394 e. The summed E-state index contributed by atoms with van der Waals surface area (Å²) in [5.41, 5.74) is 2.33. The summed E-state index contributed by atoms with van der Waals surface area (Å²) in [5.74, 6) is 0.0994. The molecule has 22 heavy (non-hydrogen) atoms. The highest BCUT2D eigenvalue weighted by Gasteiger charge is 2.56. The normalized spacial score (nSPS) is 26.9. The second-order valence-corrected chi connectivity index (χ2v) is 6.82. The van der Waals surface area contributed by atoms with Crippen LogP contribution in [0.3, 0.4) is 0 Å². The van der Waals surface area contributed by atoms with E-state index in [9.17, 15) is 9.90 Å². The molecule has 1 aromatic heterocycles. The average Bonchev–Trinajstić information content (AvgIpc) is 3.04. The molecule has 2 aliphatic rings. The van der Waals surface area contributed by atoms with Gasteiger partial charge in [-0.05, 0) is 12.8 Å². The number of carbonyl (C=O) groups is 1. The second kappa shape index (κ2) is 6.62. The Bertz CT molecular complexity index is 500. The molecule has 2 N–H and O–H groups in total. The first-order chi connectivity index (χ1) is 10.7. The third-order valence-corrected chi connectivity index (χ3v) is 5.65. The first-order valence-electron chi connectivity index (χ1n) is 7.71. The van der Waals surface area contributed by atoms with Crippen LogP contribution in [0.5, 0.6) is 0 Å². The first kappa shape index (κ1) is 15.9. The van der Waals surface area contributed by atoms with Crippen LogP contribution < -0.4 is 0 Å². The van der Waals surface area contributed by atoms with Crippen LogP contribution in [0.1, 0.15) is 25.0 Å². The molecule has 1 spiro atoms. The summed E-state index contributed by atoms with van der Waals surface area (Å²) in [7, 11) is 0. The van der Waals surface area contributed by atoms with Crippen LogP contribution in [0.15, 0.2) is 10.9 Å². The SMILES string of the molecule is O=C(Cc1cscn1)N1CCC2(CC1)C(O)CC2OCCO. The standard InChI is InChI=1S/C15H22N2O4S/c18-5-6-21-13-8-12(19)15(13)1-3-17(4-2-15)14(20)7-11-9-22-10-16-11/h9-10,12-13,18-19H,1-8H2. The van der Waals surface area contributed by atoms with Crippen molar-refractivity contribution in [2.75, 3.05) is 26.3 Å². The van der Waals surface area contributed by atoms with Crippen LogP contribution in [-0.2, 0) is 16.0 Å². The number of carbonyl (C=O) groups excluding carboxylic acids is 1. The summed E-state index contributed by atoms with van der Waals surface area (Å²) in [6.45, 7) is 1.62. The highest BCUT2D eigenvalue weighted by molar-refractivity contribution is 7.07. The molecule has 7 heteroatoms. The molecule has 1 aliphatic carbocycles. The highest BCUT2D eigenvalue weighted by Crippen LogP contribution is 2.50. The molecule has 1 amide bonds. The number of likely N-dealkylation sites (tertiary alicyclic amines) is 1. The van der Waals surface area contributed by atoms with Crippen molar-refractivity contribution in [3.05, 3.63) is 16.6 Å². The minimum absolute atomic E-state index is 0.000920. The third-order valence-electron chi connectivity index (χ3n) is 5.02. The lowest BCUT2D eigenvalue weighted by Gasteiger charge is -2.56. The summed E-state index contributed by atoms with van der Waals surface area (Å²) in [5, 5.41) is 21.0. The van der Waals surface area contributed by atoms with Crippen molar-refractivity contribution < 1.29 is 19.7 Å². The molecule has 3 rings (SSSR count). The monoisotopic (exact) mass is 326 g/mol. The van der Waals surface area contributed by atoms with Gasteiger partial charge in [0, 0.05) is 30.3 Å². The van der Waals surface area contributed by atoms with Gasteiger partial charge in [-0.1, -0.05) is 0 Å². The Morgan fingerprint density at radius 2 is 2.27 bits per heavy atom. The molecule has 0 radical (unpaired) electrons. The summed E-state index contributed by atoms with van der Waals surface area (Å²) in [4.78, 5) is 18.3. The Kier molecular flexibility index (Phi) is 4.77. The lowest BCUT2D eigenvalue weighted by molar-refractivity contribution is -0.213. The van der Waals surface area contributed by atoms with E-state index in [1.54, 1.807) is 5.51 Å². The minimum atomic E-state index is -0.355. The number of piperidine rings is 1. The van der Waals surface area contributed by atoms with Gasteiger partial charge in [0.25, 0.3) is 0 Å². The van der Waals surface area contributed by atoms with E-state index in [0.29, 0.717) is 32.5 Å². The van der Waals surface area contributed by atoms with E-state index in [-0.39, 0.29) is 30.1 Å². The van der Waals surface area contributed by atoms with Gasteiger partial charge in [-0.15, -0.1) is 11.3 Å². The lowest BCUT2D eigenvalue weighted by atomic mass is 9.58. The van der Waals surface area contributed by atoms with Crippen molar-refractivity contribution in [3.8, 4) is 0 Å². The third kappa shape index (κ3) is 2.90. The van der Waals surface area contributed by atoms with Crippen LogP contribution >= 0.6 is 11.3 Å². The Morgan fingerprint density at radius 1 is 1.50 bits per heavy atom. The van der Waals surface area contributed by atoms with Gasteiger partial charge in [0.2, 0.25) is 5.91 Å². The Hall–Kier alpha value is -1.02. The number of aliphatic hydroxyl groups is 2. The zero-order chi connectivity index (χ0) is 15.6. The molecule has 1 aliphatic heterocycles. The van der Waals surface area contributed by atoms with Gasteiger partial charge in [0.05, 0.1) is 43.0 Å². The number of nitrogens with zero attached hydrogens (tertiary/aromatic N) is 2. The fourth-order valence-corrected chi connectivity index (χ4v) is 4.13. The van der Waals surface area contributed by atoms with Crippen LogP contribution in [0.25, 0.3) is 0 Å². The summed E-state index contributed by atoms with van der Waals surface area (Å²) >= 11 is 1.50. The van der Waals surface area contributed by atoms with Crippen LogP contribution in [0.2, 0.25) is 0 Å². The number of ether oxygens (including phenoxy) is 1. The van der Waals surface area contributed by atoms with E-state index in [1.165, 1.54) is 11.3 Å². The number of aromatic nitrogens is 1. The number of aliphatic hydroxyl groups excluding tert-OH is 2. The van der Waals surface area contributed by atoms with Crippen LogP contribution in [0.4, 0.5) is 0 Å². The molecule has 6 nitrogen and oxygen atoms in total. The smallest absolute Gasteiger partial charge is 0.228 e. The second-order valence-electron chi connectivity index (χ2n) is 6.11. The summed E-state index contributed by atoms with van der Waals surface area (Å²) < 4.78 is 5.65. The maximum Gasteiger partial charge on any atom is 0.228 e. The van der Waals surface area contributed by atoms with Crippen molar-refractivity contribution in [1.82, 2.24) is 9.88 Å². The lowest BCUT2D eigenvalue weighted by Crippen LogP contribution is -2.63. The van der Waals surface area contributed by atoms with Crippen molar-refractivity contribution >= 4 is 17.2 Å². The molecule has 2 heterocycles. The van der Waals surface area contributed by atoms with Crippen molar-refractivity contribution in [2.45, 2.75) is 37.9 Å². The number of hydrogen-bond acceptors (Lipinski definition) is 6. The van der Waals surface area contributed by atoms with Gasteiger partial charge in [-0.3, -0.25) is 4.79 Å². The van der Waals surface area contributed by atoms with Crippen molar-refractivity contribution in [2.24, 2.45) is 5.41 Å². The first-order valence-corrected chi connectivity index (χ1v) is 8.65. The molecule has 2 atom stereocenters. The van der Waals surface area contributed by atoms with E-state index in [2.05, 4.69) is 4.98 Å². The Balaban J connectivity index is 1.54. The van der Waals surface area contributed by atoms with Crippen LogP contribution in [-0.4, -0.2) is 64.5 Å². The molecule has 1 saturated carbocycles. The van der Waals surface area contributed by atoms with Crippen molar-refractivity contribution in [1.29, 1.82) is 0 Å². The predicted molar refractivity (Wildman–Crippen MR) is 81.5 cm³/mol. The quantitative estimate of drug-likeness (QED) is 0.820. The number of hydrogen-bond donors (Lipinski definition) is 2. The fourth-order valence-electron chi connectivity index (χ4n) is 3.57. The van der Waals surface area contributed by atoms with E-state index < -0.39 is 0 Å². The molecule has 1 aromatic rings. The Labute approximate surface area is 133 Å². The van der Waals surface area contributed by atoms with Gasteiger partial charge in [0.1, 0.15) is 0 Å². The Morgan fingerprint density at radius 3 is 2.86 bits per heavy atom. The predicted octanol–water partition coefficient (Wildman–Crippen LogP) is 0.437. The van der Waals surface area contributed by atoms with E-state index >= 15 is 0 Å². The van der Waals surface area contributed by atoms with Crippen LogP contribution in [0, 0.1) is 5.41 Å². The zero-order valence-corrected chi connectivity index (χ0v) is 13.3. The average molecular weight is 326 g/mol. The minimum Gasteiger partial charge on any atom is -0.394 e. The van der Waals surface area contributed by atoms with E-state index in [1.807, 2.05) is 10.3 Å². The fraction of sp³-hybridized carbons (Fsp3) is 0.733. The number of rotatable bonds is 5. The molecule has 0 bridgehead atoms. The molecular formula is C15H22N2O4S. The molecule has 1 saturated heterocycles. The topological polar surface area (TPSA) is 82.9 Å². The molecule has 122 valence electrons. The zero-order valence-electron chi connectivity index (χ0n) is 12.5. The van der Waals surface area contributed by atoms with Gasteiger partial charge in [-0.2, -0.15) is 0 Å². The molecule has 2 unspecified atom stereocenters. The maximum absolute atomic E-state index is 12.3. The molecule has 0 aromatic carbocycles. The molecular weight excluding hydrogens is 304 g/mol. The van der Waals surface area contributed by atoms with E-state index in [0.717, 1.165) is 18.5 Å². The number of amides is 1. The summed E-state index contributed by atoms with van der Waals surface area (Å²) in [6.07, 6.45) is 2.15. The van der Waals surface area contributed by atoms with E-state index in [4.69, 9.17) is 9.84 Å². The van der Waals surface area contributed by atoms with Gasteiger partial charge in [0.15, 0.2) is 0 Å². The molecule has 2 fully saturated rings. The van der Waals surface area contributed by atoms with Gasteiger partial charge >= 0.3 is 0 Å². The number of thiazole rings is 1. The highest BCUT2D eigenvalue weighted by atomic mass is 32.1. The maximum atomic E-state index is 12.3.